The molecule has 3 nitrogen and oxygen atoms in total. The summed E-state index contributed by atoms with van der Waals surface area (Å²) in [7, 11) is 0. The second-order valence-electron chi connectivity index (χ2n) is 11.3. The number of carboxylic acid groups (broad SMARTS) is 1. The highest BCUT2D eigenvalue weighted by molar-refractivity contribution is 5.81. The van der Waals surface area contributed by atoms with Crippen molar-refractivity contribution in [2.45, 2.75) is 95.0 Å². The number of carbonyl (C=O) groups is 1. The summed E-state index contributed by atoms with van der Waals surface area (Å²) in [5.41, 5.74) is 3.84. The summed E-state index contributed by atoms with van der Waals surface area (Å²) < 4.78 is 0. The molecule has 6 rings (SSSR count). The lowest BCUT2D eigenvalue weighted by Gasteiger charge is -2.53. The monoisotopic (exact) mass is 394 g/mol. The zero-order chi connectivity index (χ0) is 20.0. The van der Waals surface area contributed by atoms with Gasteiger partial charge in [0.05, 0.1) is 11.5 Å². The van der Waals surface area contributed by atoms with E-state index in [9.17, 15) is 15.0 Å². The standard InChI is InChI=1S/C26H34O3/c1-24-12-9-20-19-7-6-17(25(23(28)29)10-3-2-4-11-25)13-16(19)5-8-21(20)26(24)15-18(26)14-22(24)27/h6-7,13,18,20-22,27H,2-5,8-12,14-15H2,1H3,(H,28,29)/t18-,20-,21-,22+,24-,26+/m1/s1. The van der Waals surface area contributed by atoms with E-state index in [1.54, 1.807) is 0 Å². The molecule has 6 atom stereocenters. The summed E-state index contributed by atoms with van der Waals surface area (Å²) in [5, 5.41) is 20.9. The zero-order valence-electron chi connectivity index (χ0n) is 17.6. The van der Waals surface area contributed by atoms with Crippen LogP contribution in [0.15, 0.2) is 18.2 Å². The lowest BCUT2D eigenvalue weighted by atomic mass is 9.52. The third-order valence-electron chi connectivity index (χ3n) is 10.5. The van der Waals surface area contributed by atoms with Crippen molar-refractivity contribution in [3.05, 3.63) is 34.9 Å². The van der Waals surface area contributed by atoms with Gasteiger partial charge >= 0.3 is 5.97 Å². The molecule has 1 spiro atoms. The van der Waals surface area contributed by atoms with Gasteiger partial charge in [0.2, 0.25) is 0 Å². The molecule has 4 saturated carbocycles. The highest BCUT2D eigenvalue weighted by Crippen LogP contribution is 2.81. The van der Waals surface area contributed by atoms with Crippen LogP contribution in [0, 0.1) is 22.7 Å². The number of rotatable bonds is 2. The Morgan fingerprint density at radius 2 is 1.90 bits per heavy atom. The van der Waals surface area contributed by atoms with Crippen LogP contribution < -0.4 is 0 Å². The topological polar surface area (TPSA) is 57.5 Å². The van der Waals surface area contributed by atoms with Gasteiger partial charge in [-0.2, -0.15) is 0 Å². The van der Waals surface area contributed by atoms with Crippen molar-refractivity contribution in [2.24, 2.45) is 22.7 Å². The van der Waals surface area contributed by atoms with Crippen molar-refractivity contribution in [1.29, 1.82) is 0 Å². The fourth-order valence-electron chi connectivity index (χ4n) is 8.88. The number of hydrogen-bond donors (Lipinski definition) is 2. The molecular formula is C26H34O3. The molecule has 5 aliphatic carbocycles. The third kappa shape index (κ3) is 2.16. The summed E-state index contributed by atoms with van der Waals surface area (Å²) >= 11 is 0. The molecule has 0 radical (unpaired) electrons. The molecule has 1 aromatic rings. The first-order chi connectivity index (χ1) is 13.9. The van der Waals surface area contributed by atoms with Gasteiger partial charge in [-0.15, -0.1) is 0 Å². The molecule has 3 heteroatoms. The van der Waals surface area contributed by atoms with Gasteiger partial charge in [-0.25, -0.2) is 0 Å². The Kier molecular flexibility index (Phi) is 3.73. The molecule has 0 aliphatic heterocycles. The predicted octanol–water partition coefficient (Wildman–Crippen LogP) is 5.19. The number of fused-ring (bicyclic) bond motifs is 3. The normalized spacial score (nSPS) is 44.2. The molecule has 29 heavy (non-hydrogen) atoms. The number of carboxylic acids is 1. The summed E-state index contributed by atoms with van der Waals surface area (Å²) in [5.74, 6) is 1.45. The maximum absolute atomic E-state index is 12.3. The molecular weight excluding hydrogens is 360 g/mol. The Hall–Kier alpha value is -1.35. The van der Waals surface area contributed by atoms with Crippen LogP contribution in [-0.4, -0.2) is 22.3 Å². The van der Waals surface area contributed by atoms with E-state index in [1.165, 1.54) is 30.4 Å². The van der Waals surface area contributed by atoms with Gasteiger partial charge in [0.25, 0.3) is 0 Å². The van der Waals surface area contributed by atoms with E-state index < -0.39 is 11.4 Å². The van der Waals surface area contributed by atoms with Crippen LogP contribution in [0.3, 0.4) is 0 Å². The molecule has 4 fully saturated rings. The molecule has 0 aromatic heterocycles. The average Bonchev–Trinajstić information content (AvgIpc) is 3.39. The predicted molar refractivity (Wildman–Crippen MR) is 112 cm³/mol. The lowest BCUT2D eigenvalue weighted by molar-refractivity contribution is -0.145. The maximum Gasteiger partial charge on any atom is 0.314 e. The van der Waals surface area contributed by atoms with Crippen LogP contribution in [-0.2, 0) is 16.6 Å². The Balaban J connectivity index is 1.36. The Morgan fingerprint density at radius 3 is 2.66 bits per heavy atom. The van der Waals surface area contributed by atoms with E-state index in [-0.39, 0.29) is 11.5 Å². The van der Waals surface area contributed by atoms with Crippen LogP contribution in [0.5, 0.6) is 0 Å². The molecule has 2 N–H and O–H groups in total. The van der Waals surface area contributed by atoms with Crippen molar-refractivity contribution in [3.63, 3.8) is 0 Å². The van der Waals surface area contributed by atoms with E-state index in [2.05, 4.69) is 25.1 Å². The van der Waals surface area contributed by atoms with Gasteiger partial charge in [0, 0.05) is 0 Å². The molecule has 0 unspecified atom stereocenters. The number of aliphatic hydroxyl groups excluding tert-OH is 1. The van der Waals surface area contributed by atoms with E-state index in [4.69, 9.17) is 0 Å². The van der Waals surface area contributed by atoms with Crippen LogP contribution in [0.25, 0.3) is 0 Å². The van der Waals surface area contributed by atoms with Gasteiger partial charge in [0.1, 0.15) is 0 Å². The molecule has 0 amide bonds. The van der Waals surface area contributed by atoms with E-state index in [0.29, 0.717) is 17.3 Å². The van der Waals surface area contributed by atoms with E-state index in [0.717, 1.165) is 62.8 Å². The van der Waals surface area contributed by atoms with Crippen LogP contribution in [0.2, 0.25) is 0 Å². The van der Waals surface area contributed by atoms with Gasteiger partial charge in [0.15, 0.2) is 0 Å². The Bertz CT molecular complexity index is 869. The average molecular weight is 395 g/mol. The fourth-order valence-corrected chi connectivity index (χ4v) is 8.88. The van der Waals surface area contributed by atoms with Crippen LogP contribution in [0.1, 0.15) is 93.7 Å². The Morgan fingerprint density at radius 1 is 1.10 bits per heavy atom. The first-order valence-electron chi connectivity index (χ1n) is 12.0. The van der Waals surface area contributed by atoms with Crippen molar-refractivity contribution >= 4 is 5.97 Å². The summed E-state index contributed by atoms with van der Waals surface area (Å²) in [4.78, 5) is 12.3. The first-order valence-corrected chi connectivity index (χ1v) is 12.0. The summed E-state index contributed by atoms with van der Waals surface area (Å²) in [6, 6.07) is 6.76. The molecule has 0 heterocycles. The minimum atomic E-state index is -0.662. The molecule has 5 aliphatic rings. The van der Waals surface area contributed by atoms with Crippen molar-refractivity contribution in [1.82, 2.24) is 0 Å². The highest BCUT2D eigenvalue weighted by Gasteiger charge is 2.76. The highest BCUT2D eigenvalue weighted by atomic mass is 16.4. The maximum atomic E-state index is 12.3. The van der Waals surface area contributed by atoms with Gasteiger partial charge in [-0.1, -0.05) is 44.4 Å². The molecule has 0 bridgehead atoms. The van der Waals surface area contributed by atoms with Gasteiger partial charge < -0.3 is 10.2 Å². The second kappa shape index (κ2) is 5.87. The molecule has 0 saturated heterocycles. The van der Waals surface area contributed by atoms with Crippen LogP contribution in [0.4, 0.5) is 0 Å². The third-order valence-corrected chi connectivity index (χ3v) is 10.5. The quantitative estimate of drug-likeness (QED) is 0.726. The molecule has 1 aromatic carbocycles. The number of aliphatic hydroxyl groups is 1. The molecule has 156 valence electrons. The minimum absolute atomic E-state index is 0.104. The fraction of sp³-hybridized carbons (Fsp3) is 0.731. The van der Waals surface area contributed by atoms with Gasteiger partial charge in [-0.05, 0) is 96.6 Å². The van der Waals surface area contributed by atoms with E-state index >= 15 is 0 Å². The van der Waals surface area contributed by atoms with Crippen LogP contribution >= 0.6 is 0 Å². The number of benzene rings is 1. The summed E-state index contributed by atoms with van der Waals surface area (Å²) in [6.07, 6.45) is 11.7. The number of aryl methyl sites for hydroxylation is 1. The zero-order valence-corrected chi connectivity index (χ0v) is 17.6. The van der Waals surface area contributed by atoms with Crippen molar-refractivity contribution < 1.29 is 15.0 Å². The lowest BCUT2D eigenvalue weighted by Crippen LogP contribution is -2.47. The Labute approximate surface area is 173 Å². The SMILES string of the molecule is C[C@]12CC[C@@H]3c4ccc(C5(C(=O)O)CCCCC5)cc4CC[C@H]3[C@@]13C[C@H]3C[C@@H]2O. The smallest absolute Gasteiger partial charge is 0.314 e. The van der Waals surface area contributed by atoms with E-state index in [1.807, 2.05) is 0 Å². The minimum Gasteiger partial charge on any atom is -0.481 e. The number of aliphatic carboxylic acids is 1. The largest absolute Gasteiger partial charge is 0.481 e. The first kappa shape index (κ1) is 18.4. The number of hydrogen-bond acceptors (Lipinski definition) is 2. The van der Waals surface area contributed by atoms with Gasteiger partial charge in [-0.3, -0.25) is 4.79 Å². The summed E-state index contributed by atoms with van der Waals surface area (Å²) in [6.45, 7) is 2.37. The second-order valence-corrected chi connectivity index (χ2v) is 11.3. The van der Waals surface area contributed by atoms with Crippen molar-refractivity contribution in [2.75, 3.05) is 0 Å². The van der Waals surface area contributed by atoms with Crippen molar-refractivity contribution in [3.8, 4) is 0 Å².